The van der Waals surface area contributed by atoms with Gasteiger partial charge in [-0.15, -0.1) is 0 Å². The third-order valence-electron chi connectivity index (χ3n) is 3.35. The van der Waals surface area contributed by atoms with Crippen molar-refractivity contribution in [3.8, 4) is 0 Å². The molecule has 2 rings (SSSR count). The van der Waals surface area contributed by atoms with Crippen LogP contribution in [-0.2, 0) is 0 Å². The molecule has 3 atom stereocenters. The maximum atomic E-state index is 13.9. The molecule has 0 aliphatic heterocycles. The van der Waals surface area contributed by atoms with Crippen LogP contribution in [0.2, 0.25) is 0 Å². The molecule has 0 spiro atoms. The first-order valence-corrected chi connectivity index (χ1v) is 5.60. The van der Waals surface area contributed by atoms with Crippen LogP contribution in [0.5, 0.6) is 0 Å². The first kappa shape index (κ1) is 13.1. The Labute approximate surface area is 102 Å². The van der Waals surface area contributed by atoms with Gasteiger partial charge in [-0.3, -0.25) is 4.57 Å². The summed E-state index contributed by atoms with van der Waals surface area (Å²) in [5.41, 5.74) is -0.331. The maximum Gasteiger partial charge on any atom is 0.348 e. The second-order valence-electron chi connectivity index (χ2n) is 4.57. The number of aliphatic hydroxyl groups excluding tert-OH is 2. The molecule has 1 aliphatic carbocycles. The molecule has 1 aromatic heterocycles. The van der Waals surface area contributed by atoms with E-state index >= 15 is 0 Å². The van der Waals surface area contributed by atoms with Crippen LogP contribution in [0, 0.1) is 12.8 Å². The molecule has 5 nitrogen and oxygen atoms in total. The molecule has 0 amide bonds. The molecule has 2 unspecified atom stereocenters. The second kappa shape index (κ2) is 4.40. The summed E-state index contributed by atoms with van der Waals surface area (Å²) < 4.78 is 28.5. The van der Waals surface area contributed by atoms with Gasteiger partial charge in [0.05, 0.1) is 0 Å². The van der Waals surface area contributed by atoms with Crippen LogP contribution >= 0.6 is 0 Å². The number of hydrogen-bond donors (Lipinski definition) is 2. The van der Waals surface area contributed by atoms with Crippen molar-refractivity contribution < 1.29 is 19.0 Å². The normalized spacial score (nSPS) is 30.6. The van der Waals surface area contributed by atoms with E-state index in [1.165, 1.54) is 12.3 Å². The molecule has 1 aliphatic rings. The topological polar surface area (TPSA) is 75.3 Å². The van der Waals surface area contributed by atoms with E-state index in [9.17, 15) is 18.7 Å². The first-order chi connectivity index (χ1) is 8.37. The van der Waals surface area contributed by atoms with E-state index in [1.807, 2.05) is 0 Å². The lowest BCUT2D eigenvalue weighted by Crippen LogP contribution is -2.40. The molecule has 100 valence electrons. The molecule has 1 heterocycles. The number of aromatic nitrogens is 2. The molecule has 1 saturated carbocycles. The van der Waals surface area contributed by atoms with Gasteiger partial charge in [0, 0.05) is 24.4 Å². The van der Waals surface area contributed by atoms with Gasteiger partial charge in [-0.05, 0) is 19.4 Å². The third-order valence-corrected chi connectivity index (χ3v) is 3.35. The Morgan fingerprint density at radius 2 is 2.28 bits per heavy atom. The van der Waals surface area contributed by atoms with Gasteiger partial charge in [-0.1, -0.05) is 0 Å². The minimum Gasteiger partial charge on any atom is -0.396 e. The number of alkyl halides is 2. The highest BCUT2D eigenvalue weighted by atomic mass is 19.3. The summed E-state index contributed by atoms with van der Waals surface area (Å²) in [7, 11) is 0. The van der Waals surface area contributed by atoms with E-state index in [4.69, 9.17) is 5.11 Å². The van der Waals surface area contributed by atoms with Gasteiger partial charge in [-0.2, -0.15) is 4.98 Å². The minimum absolute atomic E-state index is 0.157. The Kier molecular flexibility index (Phi) is 3.20. The van der Waals surface area contributed by atoms with Crippen molar-refractivity contribution in [3.05, 3.63) is 28.4 Å². The van der Waals surface area contributed by atoms with Crippen molar-refractivity contribution in [3.63, 3.8) is 0 Å². The molecule has 1 aromatic rings. The number of aliphatic hydroxyl groups is 2. The minimum atomic E-state index is -3.45. The van der Waals surface area contributed by atoms with Crippen LogP contribution in [0.25, 0.3) is 0 Å². The van der Waals surface area contributed by atoms with Crippen LogP contribution in [0.15, 0.2) is 17.1 Å². The van der Waals surface area contributed by atoms with E-state index in [-0.39, 0.29) is 6.42 Å². The van der Waals surface area contributed by atoms with Crippen LogP contribution in [0.4, 0.5) is 8.78 Å². The van der Waals surface area contributed by atoms with E-state index < -0.39 is 36.3 Å². The summed E-state index contributed by atoms with van der Waals surface area (Å²) in [4.78, 5) is 15.2. The van der Waals surface area contributed by atoms with E-state index in [1.54, 1.807) is 6.92 Å². The predicted octanol–water partition coefficient (Wildman–Crippen LogP) is 0.101. The Bertz CT molecular complexity index is 503. The van der Waals surface area contributed by atoms with Crippen LogP contribution in [-0.4, -0.2) is 38.4 Å². The number of aryl methyl sites for hydroxylation is 1. The van der Waals surface area contributed by atoms with Crippen molar-refractivity contribution in [2.45, 2.75) is 31.4 Å². The monoisotopic (exact) mass is 260 g/mol. The van der Waals surface area contributed by atoms with Crippen LogP contribution in [0.3, 0.4) is 0 Å². The number of hydrogen-bond acceptors (Lipinski definition) is 4. The Morgan fingerprint density at radius 1 is 1.61 bits per heavy atom. The van der Waals surface area contributed by atoms with Crippen LogP contribution < -0.4 is 5.69 Å². The molecular formula is C11H14F2N2O3. The van der Waals surface area contributed by atoms with Gasteiger partial charge >= 0.3 is 5.69 Å². The summed E-state index contributed by atoms with van der Waals surface area (Å²) in [6, 6.07) is -0.0129. The van der Waals surface area contributed by atoms with Crippen molar-refractivity contribution in [1.29, 1.82) is 0 Å². The standard InChI is InChI=1S/C11H14F2N2O3/c1-6-2-3-15(10(18)14-6)8-4-7(5-16)9(17)11(8,12)13/h2-3,7-9,16-17H,4-5H2,1H3/t7?,8?,9-/m1/s1. The molecule has 0 saturated heterocycles. The van der Waals surface area contributed by atoms with Crippen molar-refractivity contribution in [2.75, 3.05) is 6.61 Å². The highest BCUT2D eigenvalue weighted by Crippen LogP contribution is 2.46. The summed E-state index contributed by atoms with van der Waals surface area (Å²) >= 11 is 0. The summed E-state index contributed by atoms with van der Waals surface area (Å²) in [5, 5.41) is 18.4. The van der Waals surface area contributed by atoms with E-state index in [2.05, 4.69) is 4.98 Å². The van der Waals surface area contributed by atoms with Gasteiger partial charge in [-0.25, -0.2) is 13.6 Å². The third kappa shape index (κ3) is 1.93. The van der Waals surface area contributed by atoms with Crippen molar-refractivity contribution in [2.24, 2.45) is 5.92 Å². The smallest absolute Gasteiger partial charge is 0.348 e. The van der Waals surface area contributed by atoms with Gasteiger partial charge in [0.2, 0.25) is 0 Å². The number of nitrogens with zero attached hydrogens (tertiary/aromatic N) is 2. The molecule has 0 radical (unpaired) electrons. The Balaban J connectivity index is 2.42. The van der Waals surface area contributed by atoms with Crippen molar-refractivity contribution in [1.82, 2.24) is 9.55 Å². The quantitative estimate of drug-likeness (QED) is 0.791. The highest BCUT2D eigenvalue weighted by molar-refractivity contribution is 5.04. The number of rotatable bonds is 2. The Hall–Kier alpha value is -1.34. The lowest BCUT2D eigenvalue weighted by molar-refractivity contribution is -0.123. The largest absolute Gasteiger partial charge is 0.396 e. The average molecular weight is 260 g/mol. The fraction of sp³-hybridized carbons (Fsp3) is 0.636. The van der Waals surface area contributed by atoms with E-state index in [0.29, 0.717) is 5.69 Å². The zero-order valence-electron chi connectivity index (χ0n) is 9.75. The summed E-state index contributed by atoms with van der Waals surface area (Å²) in [6.45, 7) is 1.05. The lowest BCUT2D eigenvalue weighted by Gasteiger charge is -2.23. The SMILES string of the molecule is Cc1ccn(C2CC(CO)[C@@H](O)C2(F)F)c(=O)n1. The van der Waals surface area contributed by atoms with Gasteiger partial charge in [0.15, 0.2) is 0 Å². The molecule has 0 aromatic carbocycles. The van der Waals surface area contributed by atoms with E-state index in [0.717, 1.165) is 4.57 Å². The van der Waals surface area contributed by atoms with Gasteiger partial charge < -0.3 is 10.2 Å². The molecule has 1 fully saturated rings. The molecule has 2 N–H and O–H groups in total. The maximum absolute atomic E-state index is 13.9. The zero-order chi connectivity index (χ0) is 13.5. The fourth-order valence-electron chi connectivity index (χ4n) is 2.29. The molecular weight excluding hydrogens is 246 g/mol. The molecule has 18 heavy (non-hydrogen) atoms. The van der Waals surface area contributed by atoms with Gasteiger partial charge in [0.25, 0.3) is 5.92 Å². The number of halogens is 2. The molecule has 0 bridgehead atoms. The van der Waals surface area contributed by atoms with Gasteiger partial charge in [0.1, 0.15) is 12.1 Å². The predicted molar refractivity (Wildman–Crippen MR) is 58.4 cm³/mol. The summed E-state index contributed by atoms with van der Waals surface area (Å²) in [6.07, 6.45) is -0.855. The molecule has 7 heteroatoms. The zero-order valence-corrected chi connectivity index (χ0v) is 9.75. The Morgan fingerprint density at radius 3 is 2.78 bits per heavy atom. The van der Waals surface area contributed by atoms with Crippen molar-refractivity contribution >= 4 is 0 Å². The highest BCUT2D eigenvalue weighted by Gasteiger charge is 2.57. The summed E-state index contributed by atoms with van der Waals surface area (Å²) in [5.74, 6) is -4.38. The van der Waals surface area contributed by atoms with Crippen LogP contribution in [0.1, 0.15) is 18.2 Å². The fourth-order valence-corrected chi connectivity index (χ4v) is 2.29. The second-order valence-corrected chi connectivity index (χ2v) is 4.57. The average Bonchev–Trinajstić information content (AvgIpc) is 2.52. The lowest BCUT2D eigenvalue weighted by atomic mass is 10.1. The first-order valence-electron chi connectivity index (χ1n) is 5.60.